The normalized spacial score (nSPS) is 35.1. The van der Waals surface area contributed by atoms with Crippen LogP contribution in [0.25, 0.3) is 0 Å². The van der Waals surface area contributed by atoms with Gasteiger partial charge in [0.05, 0.1) is 0 Å². The van der Waals surface area contributed by atoms with E-state index in [4.69, 9.17) is 0 Å². The van der Waals surface area contributed by atoms with Crippen LogP contribution in [0, 0.1) is 5.92 Å². The van der Waals surface area contributed by atoms with Crippen LogP contribution in [0.3, 0.4) is 0 Å². The number of likely N-dealkylation sites (tertiary alicyclic amines) is 1. The van der Waals surface area contributed by atoms with Crippen molar-refractivity contribution in [2.75, 3.05) is 13.1 Å². The zero-order valence-corrected chi connectivity index (χ0v) is 13.1. The molecule has 1 N–H and O–H groups in total. The number of benzene rings is 1. The fourth-order valence-electron chi connectivity index (χ4n) is 5.64. The number of hydrogen-bond donors (Lipinski definition) is 1. The Morgan fingerprint density at radius 3 is 3.05 bits per heavy atom. The Morgan fingerprint density at radius 1 is 1.29 bits per heavy atom. The number of aromatic hydroxyl groups is 1. The van der Waals surface area contributed by atoms with Crippen LogP contribution >= 0.6 is 0 Å². The number of phenolic OH excluding ortho intramolecular Hbond substituents is 1. The van der Waals surface area contributed by atoms with Gasteiger partial charge in [-0.1, -0.05) is 25.8 Å². The van der Waals surface area contributed by atoms with Crippen LogP contribution in [0.2, 0.25) is 0 Å². The highest BCUT2D eigenvalue weighted by Crippen LogP contribution is 2.56. The van der Waals surface area contributed by atoms with Crippen LogP contribution in [0.15, 0.2) is 18.2 Å². The molecule has 2 heteroatoms. The van der Waals surface area contributed by atoms with Gasteiger partial charge in [0.25, 0.3) is 0 Å². The van der Waals surface area contributed by atoms with Gasteiger partial charge in [-0.05, 0) is 74.4 Å². The zero-order valence-electron chi connectivity index (χ0n) is 13.1. The molecule has 1 heterocycles. The van der Waals surface area contributed by atoms with Gasteiger partial charge in [0.15, 0.2) is 0 Å². The molecule has 2 aliphatic carbocycles. The highest BCUT2D eigenvalue weighted by atomic mass is 16.3. The molecule has 0 spiro atoms. The smallest absolute Gasteiger partial charge is 0.115 e. The van der Waals surface area contributed by atoms with Gasteiger partial charge in [-0.15, -0.1) is 0 Å². The van der Waals surface area contributed by atoms with E-state index in [0.717, 1.165) is 12.0 Å². The molecule has 4 rings (SSSR count). The molecule has 2 nitrogen and oxygen atoms in total. The third kappa shape index (κ3) is 1.95. The molecule has 21 heavy (non-hydrogen) atoms. The Balaban J connectivity index is 1.81. The molecule has 3 atom stereocenters. The minimum Gasteiger partial charge on any atom is -0.508 e. The highest BCUT2D eigenvalue weighted by Gasteiger charge is 2.53. The van der Waals surface area contributed by atoms with Crippen molar-refractivity contribution in [2.45, 2.75) is 63.3 Å². The fourth-order valence-corrected chi connectivity index (χ4v) is 5.64. The molecule has 0 aromatic heterocycles. The van der Waals surface area contributed by atoms with E-state index in [1.54, 1.807) is 0 Å². The molecule has 114 valence electrons. The molecule has 0 radical (unpaired) electrons. The largest absolute Gasteiger partial charge is 0.508 e. The summed E-state index contributed by atoms with van der Waals surface area (Å²) in [6, 6.07) is 6.92. The van der Waals surface area contributed by atoms with Gasteiger partial charge >= 0.3 is 0 Å². The molecule has 2 fully saturated rings. The maximum atomic E-state index is 10.00. The summed E-state index contributed by atoms with van der Waals surface area (Å²) in [5.41, 5.74) is 3.38. The minimum absolute atomic E-state index is 0.374. The van der Waals surface area contributed by atoms with Gasteiger partial charge in [-0.2, -0.15) is 0 Å². The molecule has 1 aliphatic heterocycles. The van der Waals surface area contributed by atoms with Crippen molar-refractivity contribution >= 4 is 0 Å². The summed E-state index contributed by atoms with van der Waals surface area (Å²) in [6.45, 7) is 4.81. The Labute approximate surface area is 128 Å². The fraction of sp³-hybridized carbons (Fsp3) is 0.684. The quantitative estimate of drug-likeness (QED) is 0.892. The summed E-state index contributed by atoms with van der Waals surface area (Å²) in [6.07, 6.45) is 9.25. The second-order valence-electron chi connectivity index (χ2n) is 7.41. The Hall–Kier alpha value is -1.02. The first-order chi connectivity index (χ1) is 10.2. The lowest BCUT2D eigenvalue weighted by Crippen LogP contribution is -2.60. The molecule has 2 bridgehead atoms. The summed E-state index contributed by atoms with van der Waals surface area (Å²) in [4.78, 5) is 2.77. The minimum atomic E-state index is 0.374. The SMILES string of the molecule is CCCN1CC[C@@]23CCCC[C@H]2[C@H]1Cc1ccc(O)cc13. The zero-order chi connectivity index (χ0) is 14.4. The van der Waals surface area contributed by atoms with Crippen molar-refractivity contribution in [2.24, 2.45) is 5.92 Å². The van der Waals surface area contributed by atoms with Gasteiger partial charge in [0.2, 0.25) is 0 Å². The monoisotopic (exact) mass is 285 g/mol. The molecule has 1 saturated carbocycles. The van der Waals surface area contributed by atoms with Crippen molar-refractivity contribution < 1.29 is 5.11 Å². The molecule has 0 unspecified atom stereocenters. The van der Waals surface area contributed by atoms with Crippen molar-refractivity contribution in [3.05, 3.63) is 29.3 Å². The Morgan fingerprint density at radius 2 is 2.19 bits per heavy atom. The van der Waals surface area contributed by atoms with E-state index < -0.39 is 0 Å². The van der Waals surface area contributed by atoms with Crippen LogP contribution < -0.4 is 0 Å². The van der Waals surface area contributed by atoms with Crippen molar-refractivity contribution in [1.82, 2.24) is 4.90 Å². The average Bonchev–Trinajstić information content (AvgIpc) is 2.51. The van der Waals surface area contributed by atoms with E-state index in [2.05, 4.69) is 24.0 Å². The lowest BCUT2D eigenvalue weighted by molar-refractivity contribution is -0.0111. The van der Waals surface area contributed by atoms with E-state index >= 15 is 0 Å². The van der Waals surface area contributed by atoms with Gasteiger partial charge < -0.3 is 5.11 Å². The van der Waals surface area contributed by atoms with E-state index in [0.29, 0.717) is 11.2 Å². The third-order valence-corrected chi connectivity index (χ3v) is 6.45. The van der Waals surface area contributed by atoms with E-state index in [1.807, 2.05) is 6.07 Å². The first-order valence-corrected chi connectivity index (χ1v) is 8.81. The average molecular weight is 285 g/mol. The van der Waals surface area contributed by atoms with E-state index in [1.165, 1.54) is 69.2 Å². The predicted molar refractivity (Wildman–Crippen MR) is 85.7 cm³/mol. The molecular formula is C19H27NO. The third-order valence-electron chi connectivity index (χ3n) is 6.45. The first kappa shape index (κ1) is 13.6. The van der Waals surface area contributed by atoms with Gasteiger partial charge in [-0.25, -0.2) is 0 Å². The summed E-state index contributed by atoms with van der Waals surface area (Å²) >= 11 is 0. The molecule has 1 aromatic rings. The van der Waals surface area contributed by atoms with Crippen LogP contribution in [0.5, 0.6) is 5.75 Å². The van der Waals surface area contributed by atoms with Gasteiger partial charge in [0.1, 0.15) is 5.75 Å². The van der Waals surface area contributed by atoms with Crippen molar-refractivity contribution in [3.8, 4) is 5.75 Å². The first-order valence-electron chi connectivity index (χ1n) is 8.81. The topological polar surface area (TPSA) is 23.5 Å². The number of nitrogens with zero attached hydrogens (tertiary/aromatic N) is 1. The Kier molecular flexibility index (Phi) is 3.25. The van der Waals surface area contributed by atoms with E-state index in [9.17, 15) is 5.11 Å². The summed E-state index contributed by atoms with van der Waals surface area (Å²) in [5.74, 6) is 1.28. The summed E-state index contributed by atoms with van der Waals surface area (Å²) in [7, 11) is 0. The van der Waals surface area contributed by atoms with Crippen molar-refractivity contribution in [1.29, 1.82) is 0 Å². The number of fused-ring (bicyclic) bond motifs is 1. The molecule has 1 saturated heterocycles. The molecule has 3 aliphatic rings. The van der Waals surface area contributed by atoms with Crippen LogP contribution in [-0.4, -0.2) is 29.1 Å². The predicted octanol–water partition coefficient (Wildman–Crippen LogP) is 3.86. The van der Waals surface area contributed by atoms with Crippen LogP contribution in [0.1, 0.15) is 56.6 Å². The maximum absolute atomic E-state index is 10.00. The number of phenols is 1. The number of piperidine rings is 1. The summed E-state index contributed by atoms with van der Waals surface area (Å²) in [5, 5.41) is 10.00. The lowest BCUT2D eigenvalue weighted by atomic mass is 9.52. The van der Waals surface area contributed by atoms with Gasteiger partial charge in [0, 0.05) is 11.5 Å². The Bertz CT molecular complexity index is 540. The lowest BCUT2D eigenvalue weighted by Gasteiger charge is -2.59. The molecular weight excluding hydrogens is 258 g/mol. The van der Waals surface area contributed by atoms with Gasteiger partial charge in [-0.3, -0.25) is 4.90 Å². The summed E-state index contributed by atoms with van der Waals surface area (Å²) < 4.78 is 0. The maximum Gasteiger partial charge on any atom is 0.115 e. The van der Waals surface area contributed by atoms with E-state index in [-0.39, 0.29) is 0 Å². The second-order valence-corrected chi connectivity index (χ2v) is 7.41. The second kappa shape index (κ2) is 5.01. The standard InChI is InChI=1S/C19H27NO/c1-2-10-20-11-9-19-8-4-3-5-16(19)18(20)12-14-6-7-15(21)13-17(14)19/h6-7,13,16,18,21H,2-5,8-12H2,1H3/t16-,18+,19-/m0/s1. The number of rotatable bonds is 2. The van der Waals surface area contributed by atoms with Crippen LogP contribution in [-0.2, 0) is 11.8 Å². The molecule has 1 aromatic carbocycles. The highest BCUT2D eigenvalue weighted by molar-refractivity contribution is 5.45. The molecule has 0 amide bonds. The van der Waals surface area contributed by atoms with Crippen molar-refractivity contribution in [3.63, 3.8) is 0 Å². The van der Waals surface area contributed by atoms with Crippen LogP contribution in [0.4, 0.5) is 0 Å². The number of hydrogen-bond acceptors (Lipinski definition) is 2.